The second-order valence-corrected chi connectivity index (χ2v) is 4.67. The summed E-state index contributed by atoms with van der Waals surface area (Å²) in [5.41, 5.74) is 1.67. The second kappa shape index (κ2) is 6.31. The molecule has 0 bridgehead atoms. The summed E-state index contributed by atoms with van der Waals surface area (Å²) in [4.78, 5) is 19.3. The molecule has 1 aromatic carbocycles. The number of aldehydes is 1. The van der Waals surface area contributed by atoms with Gasteiger partial charge in [0.1, 0.15) is 5.76 Å². The topological polar surface area (TPSA) is 74.5 Å². The smallest absolute Gasteiger partial charge is 0.220 e. The lowest BCUT2D eigenvalue weighted by molar-refractivity contribution is 0.110. The molecule has 0 fully saturated rings. The molecular weight excluding hydrogens is 296 g/mol. The molecule has 0 aliphatic rings. The Morgan fingerprint density at radius 1 is 0.913 bits per heavy atom. The van der Waals surface area contributed by atoms with Crippen molar-refractivity contribution in [2.75, 3.05) is 14.2 Å². The van der Waals surface area contributed by atoms with Crippen LogP contribution in [0.15, 0.2) is 46.9 Å². The lowest BCUT2D eigenvalue weighted by Crippen LogP contribution is -1.97. The van der Waals surface area contributed by atoms with Crippen molar-refractivity contribution in [3.8, 4) is 34.5 Å². The summed E-state index contributed by atoms with van der Waals surface area (Å²) in [6.45, 7) is 0. The van der Waals surface area contributed by atoms with E-state index in [0.717, 1.165) is 11.1 Å². The summed E-state index contributed by atoms with van der Waals surface area (Å²) in [6.07, 6.45) is 0.675. The molecule has 116 valence electrons. The van der Waals surface area contributed by atoms with Crippen molar-refractivity contribution in [3.05, 3.63) is 48.2 Å². The van der Waals surface area contributed by atoms with Crippen LogP contribution in [0.1, 0.15) is 10.6 Å². The van der Waals surface area contributed by atoms with Crippen LogP contribution in [-0.2, 0) is 0 Å². The van der Waals surface area contributed by atoms with Gasteiger partial charge in [-0.3, -0.25) is 4.79 Å². The molecule has 0 atom stereocenters. The number of methoxy groups -OCH3 is 2. The van der Waals surface area contributed by atoms with Gasteiger partial charge in [-0.05, 0) is 12.1 Å². The molecule has 0 saturated carbocycles. The lowest BCUT2D eigenvalue weighted by atomic mass is 10.1. The SMILES string of the molecule is COc1cc(OC)nc(-c2ccc(-c3ccc(C=O)o3)cc2)n1. The predicted molar refractivity (Wildman–Crippen MR) is 83.7 cm³/mol. The Morgan fingerprint density at radius 2 is 1.52 bits per heavy atom. The lowest BCUT2D eigenvalue weighted by Gasteiger charge is -2.07. The Balaban J connectivity index is 1.94. The number of carbonyl (C=O) groups is 1. The Labute approximate surface area is 132 Å². The zero-order chi connectivity index (χ0) is 16.2. The number of benzene rings is 1. The standard InChI is InChI=1S/C17H14N2O4/c1-21-15-9-16(22-2)19-17(18-15)12-5-3-11(4-6-12)14-8-7-13(10-20)23-14/h3-10H,1-2H3. The van der Waals surface area contributed by atoms with Crippen molar-refractivity contribution < 1.29 is 18.7 Å². The largest absolute Gasteiger partial charge is 0.481 e. The van der Waals surface area contributed by atoms with E-state index < -0.39 is 0 Å². The minimum Gasteiger partial charge on any atom is -0.481 e. The molecule has 2 heterocycles. The number of nitrogens with zero attached hydrogens (tertiary/aromatic N) is 2. The molecule has 6 heteroatoms. The molecule has 0 unspecified atom stereocenters. The third kappa shape index (κ3) is 3.06. The van der Waals surface area contributed by atoms with E-state index in [2.05, 4.69) is 9.97 Å². The Bertz CT molecular complexity index is 803. The summed E-state index contributed by atoms with van der Waals surface area (Å²) in [5, 5.41) is 0. The molecule has 0 radical (unpaired) electrons. The molecule has 0 aliphatic carbocycles. The molecular formula is C17H14N2O4. The average Bonchev–Trinajstić information content (AvgIpc) is 3.10. The van der Waals surface area contributed by atoms with E-state index in [1.54, 1.807) is 18.2 Å². The van der Waals surface area contributed by atoms with Gasteiger partial charge in [0.2, 0.25) is 11.8 Å². The van der Waals surface area contributed by atoms with Gasteiger partial charge in [-0.15, -0.1) is 0 Å². The highest BCUT2D eigenvalue weighted by Crippen LogP contribution is 2.26. The van der Waals surface area contributed by atoms with Crippen LogP contribution < -0.4 is 9.47 Å². The molecule has 0 aliphatic heterocycles. The highest BCUT2D eigenvalue weighted by atomic mass is 16.5. The number of aromatic nitrogens is 2. The molecule has 0 N–H and O–H groups in total. The maximum Gasteiger partial charge on any atom is 0.220 e. The van der Waals surface area contributed by atoms with E-state index in [0.29, 0.717) is 35.4 Å². The first kappa shape index (κ1) is 14.8. The van der Waals surface area contributed by atoms with Crippen LogP contribution in [0.3, 0.4) is 0 Å². The van der Waals surface area contributed by atoms with Gasteiger partial charge in [-0.25, -0.2) is 0 Å². The Kier molecular flexibility index (Phi) is 4.05. The summed E-state index contributed by atoms with van der Waals surface area (Å²) >= 11 is 0. The van der Waals surface area contributed by atoms with E-state index >= 15 is 0 Å². The first-order chi connectivity index (χ1) is 11.2. The van der Waals surface area contributed by atoms with Crippen LogP contribution >= 0.6 is 0 Å². The third-order valence-electron chi connectivity index (χ3n) is 3.27. The molecule has 3 aromatic rings. The second-order valence-electron chi connectivity index (χ2n) is 4.67. The number of furan rings is 1. The molecule has 6 nitrogen and oxygen atoms in total. The van der Waals surface area contributed by atoms with Crippen LogP contribution in [-0.4, -0.2) is 30.5 Å². The number of hydrogen-bond acceptors (Lipinski definition) is 6. The highest BCUT2D eigenvalue weighted by molar-refractivity contribution is 5.73. The van der Waals surface area contributed by atoms with Gasteiger partial charge in [0.25, 0.3) is 0 Å². The predicted octanol–water partition coefficient (Wildman–Crippen LogP) is 3.23. The van der Waals surface area contributed by atoms with Crippen molar-refractivity contribution in [2.24, 2.45) is 0 Å². The van der Waals surface area contributed by atoms with Gasteiger partial charge >= 0.3 is 0 Å². The Hall–Kier alpha value is -3.15. The summed E-state index contributed by atoms with van der Waals surface area (Å²) < 4.78 is 15.7. The maximum atomic E-state index is 10.7. The molecule has 0 spiro atoms. The highest BCUT2D eigenvalue weighted by Gasteiger charge is 2.09. The number of ether oxygens (including phenoxy) is 2. The van der Waals surface area contributed by atoms with Crippen LogP contribution in [0.4, 0.5) is 0 Å². The van der Waals surface area contributed by atoms with Gasteiger partial charge in [-0.1, -0.05) is 24.3 Å². The van der Waals surface area contributed by atoms with Crippen molar-refractivity contribution in [2.45, 2.75) is 0 Å². The zero-order valence-corrected chi connectivity index (χ0v) is 12.6. The van der Waals surface area contributed by atoms with Gasteiger partial charge in [-0.2, -0.15) is 9.97 Å². The van der Waals surface area contributed by atoms with E-state index in [4.69, 9.17) is 13.9 Å². The molecule has 3 rings (SSSR count). The summed E-state index contributed by atoms with van der Waals surface area (Å²) in [5.74, 6) is 2.28. The Morgan fingerprint density at radius 3 is 2.04 bits per heavy atom. The van der Waals surface area contributed by atoms with Gasteiger partial charge in [0.15, 0.2) is 17.9 Å². The molecule has 0 amide bonds. The van der Waals surface area contributed by atoms with Crippen LogP contribution in [0.25, 0.3) is 22.7 Å². The molecule has 2 aromatic heterocycles. The van der Waals surface area contributed by atoms with Crippen LogP contribution in [0.2, 0.25) is 0 Å². The minimum atomic E-state index is 0.296. The van der Waals surface area contributed by atoms with E-state index in [-0.39, 0.29) is 0 Å². The summed E-state index contributed by atoms with van der Waals surface area (Å²) in [6, 6.07) is 12.5. The quantitative estimate of drug-likeness (QED) is 0.674. The van der Waals surface area contributed by atoms with Crippen molar-refractivity contribution in [1.29, 1.82) is 0 Å². The van der Waals surface area contributed by atoms with Gasteiger partial charge in [0.05, 0.1) is 20.3 Å². The fourth-order valence-electron chi connectivity index (χ4n) is 2.10. The van der Waals surface area contributed by atoms with E-state index in [1.807, 2.05) is 24.3 Å². The molecule has 23 heavy (non-hydrogen) atoms. The first-order valence-electron chi connectivity index (χ1n) is 6.86. The number of hydrogen-bond donors (Lipinski definition) is 0. The average molecular weight is 310 g/mol. The molecule has 0 saturated heterocycles. The van der Waals surface area contributed by atoms with Crippen molar-refractivity contribution in [1.82, 2.24) is 9.97 Å². The van der Waals surface area contributed by atoms with Crippen LogP contribution in [0, 0.1) is 0 Å². The third-order valence-corrected chi connectivity index (χ3v) is 3.27. The zero-order valence-electron chi connectivity index (χ0n) is 12.6. The summed E-state index contributed by atoms with van der Waals surface area (Å²) in [7, 11) is 3.08. The van der Waals surface area contributed by atoms with Gasteiger partial charge in [0, 0.05) is 11.1 Å². The normalized spacial score (nSPS) is 10.3. The first-order valence-corrected chi connectivity index (χ1v) is 6.86. The van der Waals surface area contributed by atoms with E-state index in [1.165, 1.54) is 14.2 Å². The monoisotopic (exact) mass is 310 g/mol. The van der Waals surface area contributed by atoms with E-state index in [9.17, 15) is 4.79 Å². The minimum absolute atomic E-state index is 0.296. The van der Waals surface area contributed by atoms with Crippen molar-refractivity contribution in [3.63, 3.8) is 0 Å². The maximum absolute atomic E-state index is 10.7. The number of rotatable bonds is 5. The van der Waals surface area contributed by atoms with Crippen LogP contribution in [0.5, 0.6) is 11.8 Å². The number of carbonyl (C=O) groups excluding carboxylic acids is 1. The fraction of sp³-hybridized carbons (Fsp3) is 0.118. The van der Waals surface area contributed by atoms with Crippen molar-refractivity contribution >= 4 is 6.29 Å². The van der Waals surface area contributed by atoms with Gasteiger partial charge < -0.3 is 13.9 Å². The fourth-order valence-corrected chi connectivity index (χ4v) is 2.10.